The summed E-state index contributed by atoms with van der Waals surface area (Å²) in [5.74, 6) is -0.430. The summed E-state index contributed by atoms with van der Waals surface area (Å²) in [7, 11) is 3.48. The Hall–Kier alpha value is -1.62. The first kappa shape index (κ1) is 15.8. The van der Waals surface area contributed by atoms with Crippen LogP contribution in [0.3, 0.4) is 0 Å². The number of hydrogen-bond acceptors (Lipinski definition) is 4. The maximum atomic E-state index is 13.5. The van der Waals surface area contributed by atoms with E-state index >= 15 is 0 Å². The predicted molar refractivity (Wildman–Crippen MR) is 80.0 cm³/mol. The van der Waals surface area contributed by atoms with Gasteiger partial charge in [-0.25, -0.2) is 4.39 Å². The first-order valence-corrected chi connectivity index (χ1v) is 7.33. The van der Waals surface area contributed by atoms with E-state index < -0.39 is 0 Å². The van der Waals surface area contributed by atoms with E-state index in [0.29, 0.717) is 12.6 Å². The standard InChI is InChI=1S/C16H23FN2O2/c1-19(10-11-3-8-15(18)14(17)9-11)13-6-4-12(5-7-13)16(20)21-2/h3,8-9,12-13H,4-7,10,18H2,1-2H3/t12-,13-. The number of methoxy groups -OCH3 is 1. The van der Waals surface area contributed by atoms with Crippen LogP contribution < -0.4 is 5.73 Å². The fraction of sp³-hybridized carbons (Fsp3) is 0.562. The van der Waals surface area contributed by atoms with Crippen LogP contribution in [0.25, 0.3) is 0 Å². The quantitative estimate of drug-likeness (QED) is 0.685. The number of rotatable bonds is 4. The zero-order valence-electron chi connectivity index (χ0n) is 12.6. The Morgan fingerprint density at radius 2 is 2.05 bits per heavy atom. The van der Waals surface area contributed by atoms with Crippen LogP contribution in [-0.4, -0.2) is 31.1 Å². The number of anilines is 1. The maximum Gasteiger partial charge on any atom is 0.308 e. The minimum absolute atomic E-state index is 0.0358. The molecule has 2 N–H and O–H groups in total. The van der Waals surface area contributed by atoms with E-state index in [1.54, 1.807) is 6.07 Å². The van der Waals surface area contributed by atoms with E-state index in [2.05, 4.69) is 4.90 Å². The number of halogens is 1. The number of esters is 1. The molecule has 116 valence electrons. The van der Waals surface area contributed by atoms with Gasteiger partial charge in [-0.2, -0.15) is 0 Å². The van der Waals surface area contributed by atoms with Crippen LogP contribution in [0.1, 0.15) is 31.2 Å². The lowest BCUT2D eigenvalue weighted by molar-refractivity contribution is -0.146. The average Bonchev–Trinajstić information content (AvgIpc) is 2.50. The van der Waals surface area contributed by atoms with Gasteiger partial charge >= 0.3 is 5.97 Å². The summed E-state index contributed by atoms with van der Waals surface area (Å²) in [6.45, 7) is 0.685. The van der Waals surface area contributed by atoms with Gasteiger partial charge in [0.25, 0.3) is 0 Å². The third-order valence-corrected chi connectivity index (χ3v) is 4.35. The van der Waals surface area contributed by atoms with Crippen molar-refractivity contribution in [1.29, 1.82) is 0 Å². The lowest BCUT2D eigenvalue weighted by Crippen LogP contribution is -2.36. The van der Waals surface area contributed by atoms with Gasteiger partial charge in [0.05, 0.1) is 18.7 Å². The van der Waals surface area contributed by atoms with E-state index in [-0.39, 0.29) is 23.4 Å². The molecule has 0 saturated heterocycles. The molecule has 0 radical (unpaired) electrons. The van der Waals surface area contributed by atoms with Crippen molar-refractivity contribution in [3.05, 3.63) is 29.6 Å². The van der Waals surface area contributed by atoms with Crippen molar-refractivity contribution in [2.45, 2.75) is 38.3 Å². The fourth-order valence-electron chi connectivity index (χ4n) is 3.01. The van der Waals surface area contributed by atoms with Crippen LogP contribution >= 0.6 is 0 Å². The molecule has 0 spiro atoms. The van der Waals surface area contributed by atoms with Gasteiger partial charge in [0, 0.05) is 12.6 Å². The fourth-order valence-corrected chi connectivity index (χ4v) is 3.01. The Bertz CT molecular complexity index is 499. The van der Waals surface area contributed by atoms with Crippen molar-refractivity contribution in [2.24, 2.45) is 5.92 Å². The van der Waals surface area contributed by atoms with Crippen molar-refractivity contribution in [2.75, 3.05) is 19.9 Å². The van der Waals surface area contributed by atoms with Crippen molar-refractivity contribution >= 4 is 11.7 Å². The van der Waals surface area contributed by atoms with Crippen molar-refractivity contribution in [3.8, 4) is 0 Å². The number of benzene rings is 1. The number of nitrogens with zero attached hydrogens (tertiary/aromatic N) is 1. The molecule has 0 atom stereocenters. The van der Waals surface area contributed by atoms with Crippen LogP contribution in [-0.2, 0) is 16.1 Å². The van der Waals surface area contributed by atoms with E-state index in [4.69, 9.17) is 10.5 Å². The predicted octanol–water partition coefficient (Wildman–Crippen LogP) is 2.57. The summed E-state index contributed by atoms with van der Waals surface area (Å²) < 4.78 is 18.3. The molecule has 4 nitrogen and oxygen atoms in total. The van der Waals surface area contributed by atoms with Crippen molar-refractivity contribution in [3.63, 3.8) is 0 Å². The minimum atomic E-state index is -0.365. The van der Waals surface area contributed by atoms with Gasteiger partial charge in [0.2, 0.25) is 0 Å². The summed E-state index contributed by atoms with van der Waals surface area (Å²) in [4.78, 5) is 13.7. The number of ether oxygens (including phenoxy) is 1. The normalized spacial score (nSPS) is 22.3. The second kappa shape index (κ2) is 6.89. The summed E-state index contributed by atoms with van der Waals surface area (Å²) in [6.07, 6.45) is 3.65. The third-order valence-electron chi connectivity index (χ3n) is 4.35. The molecule has 2 rings (SSSR count). The van der Waals surface area contributed by atoms with Gasteiger partial charge in [-0.3, -0.25) is 9.69 Å². The van der Waals surface area contributed by atoms with Crippen LogP contribution in [0.4, 0.5) is 10.1 Å². The Morgan fingerprint density at radius 1 is 1.38 bits per heavy atom. The Balaban J connectivity index is 1.88. The lowest BCUT2D eigenvalue weighted by atomic mass is 9.85. The van der Waals surface area contributed by atoms with Gasteiger partial charge in [0.15, 0.2) is 0 Å². The van der Waals surface area contributed by atoms with Crippen LogP contribution in [0, 0.1) is 11.7 Å². The number of carbonyl (C=O) groups excluding carboxylic acids is 1. The SMILES string of the molecule is COC(=O)[C@H]1CC[C@H](N(C)Cc2ccc(N)c(F)c2)CC1. The zero-order valence-corrected chi connectivity index (χ0v) is 12.6. The molecule has 1 fully saturated rings. The minimum Gasteiger partial charge on any atom is -0.469 e. The molecule has 0 bridgehead atoms. The Labute approximate surface area is 125 Å². The monoisotopic (exact) mass is 294 g/mol. The molecule has 1 aliphatic rings. The van der Waals surface area contributed by atoms with E-state index in [1.807, 2.05) is 13.1 Å². The van der Waals surface area contributed by atoms with Gasteiger partial charge in [0.1, 0.15) is 5.82 Å². The average molecular weight is 294 g/mol. The molecule has 0 amide bonds. The molecular formula is C16H23FN2O2. The summed E-state index contributed by atoms with van der Waals surface area (Å²) in [5, 5.41) is 0. The van der Waals surface area contributed by atoms with Crippen LogP contribution in [0.5, 0.6) is 0 Å². The highest BCUT2D eigenvalue weighted by Crippen LogP contribution is 2.28. The number of nitrogen functional groups attached to an aromatic ring is 1. The first-order valence-electron chi connectivity index (χ1n) is 7.33. The van der Waals surface area contributed by atoms with Crippen LogP contribution in [0.15, 0.2) is 18.2 Å². The molecule has 21 heavy (non-hydrogen) atoms. The number of nitrogens with two attached hydrogens (primary N) is 1. The number of carbonyl (C=O) groups is 1. The lowest BCUT2D eigenvalue weighted by Gasteiger charge is -2.33. The van der Waals surface area contributed by atoms with Gasteiger partial charge in [-0.1, -0.05) is 6.07 Å². The molecule has 1 aromatic rings. The second-order valence-electron chi connectivity index (χ2n) is 5.80. The van der Waals surface area contributed by atoms with E-state index in [0.717, 1.165) is 31.2 Å². The molecular weight excluding hydrogens is 271 g/mol. The molecule has 5 heteroatoms. The van der Waals surface area contributed by atoms with E-state index in [1.165, 1.54) is 13.2 Å². The molecule has 0 unspecified atom stereocenters. The van der Waals surface area contributed by atoms with Gasteiger partial charge < -0.3 is 10.5 Å². The Kier molecular flexibility index (Phi) is 5.17. The molecule has 0 aromatic heterocycles. The highest BCUT2D eigenvalue weighted by atomic mass is 19.1. The molecule has 1 aliphatic carbocycles. The highest BCUT2D eigenvalue weighted by molar-refractivity contribution is 5.72. The smallest absolute Gasteiger partial charge is 0.308 e. The third kappa shape index (κ3) is 3.94. The maximum absolute atomic E-state index is 13.5. The largest absolute Gasteiger partial charge is 0.469 e. The summed E-state index contributed by atoms with van der Waals surface area (Å²) in [6, 6.07) is 5.37. The van der Waals surface area contributed by atoms with Crippen LogP contribution in [0.2, 0.25) is 0 Å². The molecule has 1 saturated carbocycles. The zero-order chi connectivity index (χ0) is 15.4. The molecule has 0 aliphatic heterocycles. The molecule has 1 aromatic carbocycles. The summed E-state index contributed by atoms with van der Waals surface area (Å²) >= 11 is 0. The second-order valence-corrected chi connectivity index (χ2v) is 5.80. The molecule has 0 heterocycles. The summed E-state index contributed by atoms with van der Waals surface area (Å²) in [5.41, 5.74) is 6.58. The Morgan fingerprint density at radius 3 is 2.62 bits per heavy atom. The van der Waals surface area contributed by atoms with Gasteiger partial charge in [-0.15, -0.1) is 0 Å². The van der Waals surface area contributed by atoms with Crippen molar-refractivity contribution < 1.29 is 13.9 Å². The highest BCUT2D eigenvalue weighted by Gasteiger charge is 2.28. The number of hydrogen-bond donors (Lipinski definition) is 1. The van der Waals surface area contributed by atoms with Crippen molar-refractivity contribution in [1.82, 2.24) is 4.90 Å². The van der Waals surface area contributed by atoms with Gasteiger partial charge in [-0.05, 0) is 50.4 Å². The first-order chi connectivity index (χ1) is 10.0. The van der Waals surface area contributed by atoms with E-state index in [9.17, 15) is 9.18 Å². The topological polar surface area (TPSA) is 55.6 Å².